The summed E-state index contributed by atoms with van der Waals surface area (Å²) in [6, 6.07) is 0. The lowest BCUT2D eigenvalue weighted by atomic mass is 9.79. The fourth-order valence-corrected chi connectivity index (χ4v) is 3.17. The maximum Gasteiger partial charge on any atom is 0.307 e. The average molecular weight is 289 g/mol. The number of hydrogen-bond donors (Lipinski definition) is 3. The summed E-state index contributed by atoms with van der Waals surface area (Å²) < 4.78 is 0. The van der Waals surface area contributed by atoms with E-state index in [2.05, 4.69) is 5.32 Å². The van der Waals surface area contributed by atoms with Crippen LogP contribution >= 0.6 is 11.8 Å². The Labute approximate surface area is 118 Å². The highest BCUT2D eigenvalue weighted by Gasteiger charge is 2.35. The Bertz CT molecular complexity index is 298. The van der Waals surface area contributed by atoms with Gasteiger partial charge in [-0.2, -0.15) is 11.8 Å². The minimum atomic E-state index is -0.850. The van der Waals surface area contributed by atoms with Gasteiger partial charge in [0.25, 0.3) is 0 Å². The van der Waals surface area contributed by atoms with Gasteiger partial charge < -0.3 is 15.5 Å². The van der Waals surface area contributed by atoms with Gasteiger partial charge in [0.05, 0.1) is 11.8 Å². The van der Waals surface area contributed by atoms with Gasteiger partial charge in [-0.1, -0.05) is 12.8 Å². The average Bonchev–Trinajstić information content (AvgIpc) is 2.42. The molecule has 0 aromatic heterocycles. The monoisotopic (exact) mass is 289 g/mol. The fraction of sp³-hybridized carbons (Fsp3) is 0.846. The number of aliphatic hydroxyl groups excluding tert-OH is 1. The molecule has 3 N–H and O–H groups in total. The van der Waals surface area contributed by atoms with Crippen molar-refractivity contribution in [2.75, 3.05) is 24.7 Å². The highest BCUT2D eigenvalue weighted by Crippen LogP contribution is 2.30. The van der Waals surface area contributed by atoms with Crippen LogP contribution in [0.25, 0.3) is 0 Å². The molecule has 1 aliphatic rings. The molecule has 0 aromatic carbocycles. The summed E-state index contributed by atoms with van der Waals surface area (Å²) in [7, 11) is 0. The van der Waals surface area contributed by atoms with Gasteiger partial charge in [0.15, 0.2) is 0 Å². The van der Waals surface area contributed by atoms with Crippen molar-refractivity contribution in [3.63, 3.8) is 0 Å². The van der Waals surface area contributed by atoms with Crippen LogP contribution in [0.15, 0.2) is 0 Å². The first-order valence-electron chi connectivity index (χ1n) is 6.86. The van der Waals surface area contributed by atoms with Crippen LogP contribution in [0.4, 0.5) is 0 Å². The van der Waals surface area contributed by atoms with Crippen LogP contribution in [-0.4, -0.2) is 46.7 Å². The third-order valence-corrected chi connectivity index (χ3v) is 4.48. The van der Waals surface area contributed by atoms with Crippen molar-refractivity contribution in [2.45, 2.75) is 32.1 Å². The first kappa shape index (κ1) is 16.3. The second-order valence-corrected chi connectivity index (χ2v) is 6.04. The molecule has 1 fully saturated rings. The van der Waals surface area contributed by atoms with Gasteiger partial charge in [-0.3, -0.25) is 9.59 Å². The van der Waals surface area contributed by atoms with Gasteiger partial charge in [0.2, 0.25) is 5.91 Å². The van der Waals surface area contributed by atoms with E-state index in [9.17, 15) is 9.59 Å². The number of aliphatic carboxylic acids is 1. The number of rotatable bonds is 8. The van der Waals surface area contributed by atoms with Crippen molar-refractivity contribution in [1.82, 2.24) is 5.32 Å². The summed E-state index contributed by atoms with van der Waals surface area (Å²) in [5, 5.41) is 20.6. The Balaban J connectivity index is 2.25. The van der Waals surface area contributed by atoms with E-state index in [1.807, 2.05) is 0 Å². The number of aliphatic hydroxyl groups is 1. The number of nitrogens with one attached hydrogen (secondary N) is 1. The Hall–Kier alpha value is -0.750. The molecule has 0 aromatic rings. The van der Waals surface area contributed by atoms with Crippen molar-refractivity contribution in [1.29, 1.82) is 0 Å². The largest absolute Gasteiger partial charge is 0.481 e. The lowest BCUT2D eigenvalue weighted by molar-refractivity contribution is -0.148. The fourth-order valence-electron chi connectivity index (χ4n) is 2.39. The van der Waals surface area contributed by atoms with Crippen LogP contribution in [0.2, 0.25) is 0 Å². The Morgan fingerprint density at radius 2 is 1.84 bits per heavy atom. The van der Waals surface area contributed by atoms with Gasteiger partial charge in [-0.15, -0.1) is 0 Å². The number of carbonyl (C=O) groups excluding carboxylic acids is 1. The first-order chi connectivity index (χ1) is 9.16. The number of carboxylic acids is 1. The molecule has 0 bridgehead atoms. The molecule has 0 radical (unpaired) electrons. The van der Waals surface area contributed by atoms with E-state index in [1.54, 1.807) is 11.8 Å². The third kappa shape index (κ3) is 5.82. The summed E-state index contributed by atoms with van der Waals surface area (Å²) in [4.78, 5) is 23.1. The maximum absolute atomic E-state index is 12.0. The second kappa shape index (κ2) is 9.20. The maximum atomic E-state index is 12.0. The SMILES string of the molecule is O=C(O)[C@H]1CCCC[C@H]1C(=O)NCCSCCCO. The quantitative estimate of drug-likeness (QED) is 0.583. The summed E-state index contributed by atoms with van der Waals surface area (Å²) in [5.41, 5.74) is 0. The lowest BCUT2D eigenvalue weighted by Crippen LogP contribution is -2.40. The van der Waals surface area contributed by atoms with E-state index in [-0.39, 0.29) is 18.4 Å². The van der Waals surface area contributed by atoms with Gasteiger partial charge in [0.1, 0.15) is 0 Å². The van der Waals surface area contributed by atoms with Gasteiger partial charge >= 0.3 is 5.97 Å². The molecule has 0 aliphatic heterocycles. The summed E-state index contributed by atoms with van der Waals surface area (Å²) >= 11 is 1.68. The second-order valence-electron chi connectivity index (χ2n) is 4.82. The first-order valence-corrected chi connectivity index (χ1v) is 8.01. The standard InChI is InChI=1S/C13H23NO4S/c15-7-3-8-19-9-6-14-12(16)10-4-1-2-5-11(10)13(17)18/h10-11,15H,1-9H2,(H,14,16)(H,17,18)/t10-,11+/m1/s1. The number of thioether (sulfide) groups is 1. The molecule has 1 saturated carbocycles. The van der Waals surface area contributed by atoms with Crippen molar-refractivity contribution < 1.29 is 19.8 Å². The highest BCUT2D eigenvalue weighted by molar-refractivity contribution is 7.99. The molecule has 5 nitrogen and oxygen atoms in total. The van der Waals surface area contributed by atoms with Crippen LogP contribution in [-0.2, 0) is 9.59 Å². The zero-order valence-corrected chi connectivity index (χ0v) is 12.0. The van der Waals surface area contributed by atoms with Crippen molar-refractivity contribution >= 4 is 23.6 Å². The predicted molar refractivity (Wildman–Crippen MR) is 75.1 cm³/mol. The van der Waals surface area contributed by atoms with E-state index in [0.29, 0.717) is 19.4 Å². The molecule has 0 unspecified atom stereocenters. The smallest absolute Gasteiger partial charge is 0.307 e. The molecule has 1 rings (SSSR count). The van der Waals surface area contributed by atoms with Crippen LogP contribution in [0.3, 0.4) is 0 Å². The van der Waals surface area contributed by atoms with Gasteiger partial charge in [-0.05, 0) is 25.0 Å². The lowest BCUT2D eigenvalue weighted by Gasteiger charge is -2.27. The van der Waals surface area contributed by atoms with E-state index in [0.717, 1.165) is 30.8 Å². The predicted octanol–water partition coefficient (Wildman–Crippen LogP) is 1.11. The van der Waals surface area contributed by atoms with Crippen molar-refractivity contribution in [3.05, 3.63) is 0 Å². The molecule has 2 atom stereocenters. The van der Waals surface area contributed by atoms with Crippen LogP contribution in [0.5, 0.6) is 0 Å². The molecule has 1 aliphatic carbocycles. The minimum absolute atomic E-state index is 0.116. The minimum Gasteiger partial charge on any atom is -0.481 e. The molecule has 1 amide bonds. The Morgan fingerprint density at radius 3 is 2.47 bits per heavy atom. The Morgan fingerprint density at radius 1 is 1.16 bits per heavy atom. The normalized spacial score (nSPS) is 23.0. The van der Waals surface area contributed by atoms with Gasteiger partial charge in [0, 0.05) is 18.9 Å². The third-order valence-electron chi connectivity index (χ3n) is 3.41. The van der Waals surface area contributed by atoms with Crippen molar-refractivity contribution in [3.8, 4) is 0 Å². The molecule has 0 spiro atoms. The highest BCUT2D eigenvalue weighted by atomic mass is 32.2. The van der Waals surface area contributed by atoms with Gasteiger partial charge in [-0.25, -0.2) is 0 Å². The Kier molecular flexibility index (Phi) is 7.90. The number of carboxylic acid groups (broad SMARTS) is 1. The zero-order chi connectivity index (χ0) is 14.1. The molecule has 0 saturated heterocycles. The number of hydrogen-bond acceptors (Lipinski definition) is 4. The van der Waals surface area contributed by atoms with Crippen LogP contribution in [0, 0.1) is 11.8 Å². The van der Waals surface area contributed by atoms with E-state index in [1.165, 1.54) is 0 Å². The molecule has 6 heteroatoms. The van der Waals surface area contributed by atoms with E-state index < -0.39 is 11.9 Å². The number of amides is 1. The summed E-state index contributed by atoms with van der Waals surface area (Å²) in [5.74, 6) is -0.166. The topological polar surface area (TPSA) is 86.6 Å². The van der Waals surface area contributed by atoms with Crippen LogP contribution < -0.4 is 5.32 Å². The summed E-state index contributed by atoms with van der Waals surface area (Å²) in [6.07, 6.45) is 3.90. The summed E-state index contributed by atoms with van der Waals surface area (Å²) in [6.45, 7) is 0.763. The molecule has 0 heterocycles. The van der Waals surface area contributed by atoms with Crippen LogP contribution in [0.1, 0.15) is 32.1 Å². The molecule has 110 valence electrons. The number of carbonyl (C=O) groups is 2. The molecule has 19 heavy (non-hydrogen) atoms. The molecular weight excluding hydrogens is 266 g/mol. The zero-order valence-electron chi connectivity index (χ0n) is 11.1. The van der Waals surface area contributed by atoms with E-state index >= 15 is 0 Å². The van der Waals surface area contributed by atoms with Crippen molar-refractivity contribution in [2.24, 2.45) is 11.8 Å². The molecular formula is C13H23NO4S. The van der Waals surface area contributed by atoms with E-state index in [4.69, 9.17) is 10.2 Å².